The first-order chi connectivity index (χ1) is 7.67. The molecule has 4 heteroatoms. The van der Waals surface area contributed by atoms with Crippen LogP contribution in [0, 0.1) is 6.92 Å². The number of aryl methyl sites for hydroxylation is 1. The molecule has 4 nitrogen and oxygen atoms in total. The minimum atomic E-state index is -0.139. The highest BCUT2D eigenvalue weighted by Gasteiger charge is 2.09. The summed E-state index contributed by atoms with van der Waals surface area (Å²) in [6.45, 7) is 9.59. The Hall–Kier alpha value is -1.29. The van der Waals surface area contributed by atoms with Gasteiger partial charge >= 0.3 is 0 Å². The number of amides is 1. The molecule has 0 radical (unpaired) electrons. The number of nitrogens with zero attached hydrogens (tertiary/aromatic N) is 1. The van der Waals surface area contributed by atoms with Crippen molar-refractivity contribution in [2.75, 3.05) is 26.2 Å². The van der Waals surface area contributed by atoms with Crippen molar-refractivity contribution in [2.24, 2.45) is 0 Å². The Balaban J connectivity index is 2.30. The van der Waals surface area contributed by atoms with Gasteiger partial charge in [-0.15, -0.1) is 0 Å². The van der Waals surface area contributed by atoms with Crippen LogP contribution >= 0.6 is 0 Å². The highest BCUT2D eigenvalue weighted by molar-refractivity contribution is 5.91. The van der Waals surface area contributed by atoms with Crippen molar-refractivity contribution in [2.45, 2.75) is 20.8 Å². The second kappa shape index (κ2) is 6.33. The van der Waals surface area contributed by atoms with E-state index in [4.69, 9.17) is 4.42 Å². The molecule has 0 spiro atoms. The van der Waals surface area contributed by atoms with Gasteiger partial charge in [0.05, 0.1) is 0 Å². The molecule has 1 aromatic heterocycles. The van der Waals surface area contributed by atoms with E-state index in [0.29, 0.717) is 12.3 Å². The van der Waals surface area contributed by atoms with Crippen molar-refractivity contribution in [1.29, 1.82) is 0 Å². The second-order valence-corrected chi connectivity index (χ2v) is 3.69. The average Bonchev–Trinajstić information content (AvgIpc) is 2.71. The van der Waals surface area contributed by atoms with Crippen molar-refractivity contribution in [3.05, 3.63) is 23.7 Å². The maximum absolute atomic E-state index is 11.6. The van der Waals surface area contributed by atoms with Crippen molar-refractivity contribution >= 4 is 5.91 Å². The summed E-state index contributed by atoms with van der Waals surface area (Å²) in [6.07, 6.45) is 0. The Kier molecular flexibility index (Phi) is 5.05. The van der Waals surface area contributed by atoms with E-state index >= 15 is 0 Å². The first kappa shape index (κ1) is 12.8. The molecule has 0 aliphatic carbocycles. The molecular weight excluding hydrogens is 204 g/mol. The predicted molar refractivity (Wildman–Crippen MR) is 63.6 cm³/mol. The molecular formula is C12H20N2O2. The number of rotatable bonds is 6. The van der Waals surface area contributed by atoms with E-state index in [0.717, 1.165) is 25.4 Å². The van der Waals surface area contributed by atoms with Gasteiger partial charge in [-0.25, -0.2) is 0 Å². The van der Waals surface area contributed by atoms with E-state index in [-0.39, 0.29) is 5.91 Å². The molecule has 0 saturated heterocycles. The van der Waals surface area contributed by atoms with Crippen LogP contribution in [0.4, 0.5) is 0 Å². The molecule has 16 heavy (non-hydrogen) atoms. The van der Waals surface area contributed by atoms with E-state index in [2.05, 4.69) is 24.1 Å². The first-order valence-electron chi connectivity index (χ1n) is 5.74. The molecule has 1 heterocycles. The van der Waals surface area contributed by atoms with Gasteiger partial charge in [-0.3, -0.25) is 4.79 Å². The Labute approximate surface area is 96.6 Å². The molecule has 0 unspecified atom stereocenters. The van der Waals surface area contributed by atoms with Gasteiger partial charge in [0.1, 0.15) is 5.76 Å². The van der Waals surface area contributed by atoms with Crippen molar-refractivity contribution < 1.29 is 9.21 Å². The van der Waals surface area contributed by atoms with Gasteiger partial charge in [0.2, 0.25) is 0 Å². The Bertz CT molecular complexity index is 330. The summed E-state index contributed by atoms with van der Waals surface area (Å²) in [4.78, 5) is 13.9. The van der Waals surface area contributed by atoms with Gasteiger partial charge < -0.3 is 14.6 Å². The van der Waals surface area contributed by atoms with Crippen molar-refractivity contribution in [3.63, 3.8) is 0 Å². The number of carbonyl (C=O) groups excluding carboxylic acids is 1. The van der Waals surface area contributed by atoms with Crippen LogP contribution in [-0.4, -0.2) is 37.0 Å². The van der Waals surface area contributed by atoms with Gasteiger partial charge in [-0.1, -0.05) is 13.8 Å². The van der Waals surface area contributed by atoms with Crippen LogP contribution in [0.5, 0.6) is 0 Å². The summed E-state index contributed by atoms with van der Waals surface area (Å²) in [7, 11) is 0. The maximum Gasteiger partial charge on any atom is 0.287 e. The third-order valence-corrected chi connectivity index (χ3v) is 2.57. The van der Waals surface area contributed by atoms with Gasteiger partial charge in [0, 0.05) is 13.1 Å². The fourth-order valence-corrected chi connectivity index (χ4v) is 1.51. The SMILES string of the molecule is CCN(CC)CCNC(=O)c1ccc(C)o1. The Morgan fingerprint density at radius 3 is 2.56 bits per heavy atom. The zero-order valence-corrected chi connectivity index (χ0v) is 10.2. The van der Waals surface area contributed by atoms with Crippen LogP contribution in [0.2, 0.25) is 0 Å². The van der Waals surface area contributed by atoms with Crippen LogP contribution in [0.15, 0.2) is 16.5 Å². The number of carbonyl (C=O) groups is 1. The fourth-order valence-electron chi connectivity index (χ4n) is 1.51. The van der Waals surface area contributed by atoms with Crippen LogP contribution in [0.3, 0.4) is 0 Å². The van der Waals surface area contributed by atoms with Gasteiger partial charge in [0.25, 0.3) is 5.91 Å². The predicted octanol–water partition coefficient (Wildman–Crippen LogP) is 1.66. The van der Waals surface area contributed by atoms with Crippen LogP contribution in [0.1, 0.15) is 30.2 Å². The number of hydrogen-bond donors (Lipinski definition) is 1. The third-order valence-electron chi connectivity index (χ3n) is 2.57. The van der Waals surface area contributed by atoms with Crippen molar-refractivity contribution in [1.82, 2.24) is 10.2 Å². The molecule has 1 aromatic rings. The standard InChI is InChI=1S/C12H20N2O2/c1-4-14(5-2)9-8-13-12(15)11-7-6-10(3)16-11/h6-7H,4-5,8-9H2,1-3H3,(H,13,15). The van der Waals surface area contributed by atoms with Crippen LogP contribution in [0.25, 0.3) is 0 Å². The molecule has 0 aliphatic rings. The molecule has 1 rings (SSSR count). The second-order valence-electron chi connectivity index (χ2n) is 3.69. The highest BCUT2D eigenvalue weighted by Crippen LogP contribution is 2.05. The lowest BCUT2D eigenvalue weighted by Crippen LogP contribution is -2.34. The fraction of sp³-hybridized carbons (Fsp3) is 0.583. The van der Waals surface area contributed by atoms with E-state index in [1.807, 2.05) is 6.92 Å². The summed E-state index contributed by atoms with van der Waals surface area (Å²) < 4.78 is 5.23. The maximum atomic E-state index is 11.6. The van der Waals surface area contributed by atoms with Crippen LogP contribution in [-0.2, 0) is 0 Å². The largest absolute Gasteiger partial charge is 0.456 e. The summed E-state index contributed by atoms with van der Waals surface area (Å²) in [5.74, 6) is 1.01. The molecule has 0 aromatic carbocycles. The smallest absolute Gasteiger partial charge is 0.287 e. The lowest BCUT2D eigenvalue weighted by Gasteiger charge is -2.17. The quantitative estimate of drug-likeness (QED) is 0.799. The van der Waals surface area contributed by atoms with Crippen LogP contribution < -0.4 is 5.32 Å². The topological polar surface area (TPSA) is 45.5 Å². The Morgan fingerprint density at radius 2 is 2.06 bits per heavy atom. The van der Waals surface area contributed by atoms with Gasteiger partial charge in [-0.2, -0.15) is 0 Å². The van der Waals surface area contributed by atoms with Gasteiger partial charge in [-0.05, 0) is 32.1 Å². The zero-order chi connectivity index (χ0) is 12.0. The summed E-state index contributed by atoms with van der Waals surface area (Å²) in [5.41, 5.74) is 0. The summed E-state index contributed by atoms with van der Waals surface area (Å²) in [5, 5.41) is 2.84. The molecule has 1 N–H and O–H groups in total. The number of hydrogen-bond acceptors (Lipinski definition) is 3. The zero-order valence-electron chi connectivity index (χ0n) is 10.2. The molecule has 1 amide bonds. The number of furan rings is 1. The van der Waals surface area contributed by atoms with Gasteiger partial charge in [0.15, 0.2) is 5.76 Å². The number of likely N-dealkylation sites (N-methyl/N-ethyl adjacent to an activating group) is 1. The summed E-state index contributed by atoms with van der Waals surface area (Å²) >= 11 is 0. The van der Waals surface area contributed by atoms with E-state index in [1.165, 1.54) is 0 Å². The first-order valence-corrected chi connectivity index (χ1v) is 5.74. The lowest BCUT2D eigenvalue weighted by molar-refractivity contribution is 0.0920. The molecule has 0 aliphatic heterocycles. The van der Waals surface area contributed by atoms with E-state index in [1.54, 1.807) is 12.1 Å². The summed E-state index contributed by atoms with van der Waals surface area (Å²) in [6, 6.07) is 3.49. The van der Waals surface area contributed by atoms with E-state index < -0.39 is 0 Å². The number of nitrogens with one attached hydrogen (secondary N) is 1. The third kappa shape index (κ3) is 3.70. The minimum absolute atomic E-state index is 0.139. The average molecular weight is 224 g/mol. The minimum Gasteiger partial charge on any atom is -0.456 e. The normalized spacial score (nSPS) is 10.8. The van der Waals surface area contributed by atoms with Crippen molar-refractivity contribution in [3.8, 4) is 0 Å². The molecule has 90 valence electrons. The molecule has 0 atom stereocenters. The molecule has 0 fully saturated rings. The Morgan fingerprint density at radius 1 is 1.38 bits per heavy atom. The monoisotopic (exact) mass is 224 g/mol. The highest BCUT2D eigenvalue weighted by atomic mass is 16.3. The van der Waals surface area contributed by atoms with E-state index in [9.17, 15) is 4.79 Å². The lowest BCUT2D eigenvalue weighted by atomic mass is 10.4. The molecule has 0 bridgehead atoms. The molecule has 0 saturated carbocycles.